The van der Waals surface area contributed by atoms with E-state index in [9.17, 15) is 19.2 Å². The van der Waals surface area contributed by atoms with Crippen molar-refractivity contribution < 1.29 is 42.9 Å². The quantitative estimate of drug-likeness (QED) is 0.128. The van der Waals surface area contributed by atoms with Crippen molar-refractivity contribution in [1.82, 2.24) is 10.6 Å². The predicted octanol–water partition coefficient (Wildman–Crippen LogP) is 3.69. The van der Waals surface area contributed by atoms with Gasteiger partial charge in [-0.25, -0.2) is 9.59 Å². The van der Waals surface area contributed by atoms with Gasteiger partial charge in [0.25, 0.3) is 11.8 Å². The Morgan fingerprint density at radius 1 is 0.644 bits per heavy atom. The van der Waals surface area contributed by atoms with Gasteiger partial charge >= 0.3 is 11.9 Å². The highest BCUT2D eigenvalue weighted by Gasteiger charge is 2.51. The van der Waals surface area contributed by atoms with Crippen LogP contribution in [0.25, 0.3) is 0 Å². The predicted molar refractivity (Wildman–Crippen MR) is 167 cm³/mol. The van der Waals surface area contributed by atoms with E-state index < -0.39 is 48.0 Å². The molecule has 0 saturated carbocycles. The maximum Gasteiger partial charge on any atom is 0.328 e. The van der Waals surface area contributed by atoms with Crippen molar-refractivity contribution >= 4 is 23.8 Å². The van der Waals surface area contributed by atoms with Gasteiger partial charge in [-0.1, -0.05) is 51.0 Å². The minimum atomic E-state index is -1.11. The molecule has 0 aliphatic carbocycles. The molecule has 2 amide bonds. The average Bonchev–Trinajstić information content (AvgIpc) is 3.84. The molecule has 0 aromatic heterocycles. The maximum atomic E-state index is 13.1. The summed E-state index contributed by atoms with van der Waals surface area (Å²) in [5.74, 6) is -0.986. The summed E-state index contributed by atoms with van der Waals surface area (Å²) in [6, 6.07) is 12.5. The zero-order chi connectivity index (χ0) is 32.6. The Morgan fingerprint density at radius 2 is 1.02 bits per heavy atom. The largest absolute Gasteiger partial charge is 0.494 e. The molecular formula is C34H46N2O9. The normalized spacial score (nSPS) is 16.5. The SMILES string of the molecule is CCCCOC(=O)[C@H](Cc1ccc(OCC)cc1)NC(=O)[C@H]1O[C@@H]1C(=O)N[C@@H](Cc1ccc(OCC)cc1)C(=O)OCCCC. The molecule has 2 aromatic carbocycles. The molecule has 45 heavy (non-hydrogen) atoms. The molecule has 0 unspecified atom stereocenters. The summed E-state index contributed by atoms with van der Waals surface area (Å²) in [5, 5.41) is 5.38. The van der Waals surface area contributed by atoms with Crippen LogP contribution >= 0.6 is 0 Å². The van der Waals surface area contributed by atoms with Gasteiger partial charge < -0.3 is 34.3 Å². The van der Waals surface area contributed by atoms with Crippen molar-refractivity contribution in [1.29, 1.82) is 0 Å². The number of amides is 2. The second-order valence-electron chi connectivity index (χ2n) is 10.7. The number of epoxide rings is 1. The lowest BCUT2D eigenvalue weighted by Crippen LogP contribution is -2.48. The Morgan fingerprint density at radius 3 is 1.36 bits per heavy atom. The lowest BCUT2D eigenvalue weighted by atomic mass is 10.0. The van der Waals surface area contributed by atoms with E-state index in [0.29, 0.717) is 37.6 Å². The molecule has 11 nitrogen and oxygen atoms in total. The summed E-state index contributed by atoms with van der Waals surface area (Å²) in [6.45, 7) is 9.27. The number of carbonyl (C=O) groups excluding carboxylic acids is 4. The van der Waals surface area contributed by atoms with E-state index in [2.05, 4.69) is 10.6 Å². The molecule has 4 atom stereocenters. The lowest BCUT2D eigenvalue weighted by molar-refractivity contribution is -0.148. The smallest absolute Gasteiger partial charge is 0.328 e. The Hall–Kier alpha value is -4.12. The van der Waals surface area contributed by atoms with Crippen LogP contribution in [0.1, 0.15) is 64.5 Å². The third-order valence-corrected chi connectivity index (χ3v) is 7.04. The first kappa shape index (κ1) is 35.4. The minimum absolute atomic E-state index is 0.181. The molecule has 2 aromatic rings. The van der Waals surface area contributed by atoms with Crippen LogP contribution in [0.15, 0.2) is 48.5 Å². The highest BCUT2D eigenvalue weighted by atomic mass is 16.6. The van der Waals surface area contributed by atoms with E-state index in [4.69, 9.17) is 23.7 Å². The third kappa shape index (κ3) is 11.7. The molecule has 0 bridgehead atoms. The number of hydrogen-bond donors (Lipinski definition) is 2. The van der Waals surface area contributed by atoms with Crippen LogP contribution in [0.3, 0.4) is 0 Å². The highest BCUT2D eigenvalue weighted by Crippen LogP contribution is 2.24. The molecule has 1 saturated heterocycles. The second-order valence-corrected chi connectivity index (χ2v) is 10.7. The van der Waals surface area contributed by atoms with Crippen LogP contribution in [0.5, 0.6) is 11.5 Å². The highest BCUT2D eigenvalue weighted by molar-refractivity contribution is 5.97. The fourth-order valence-electron chi connectivity index (χ4n) is 4.49. The number of rotatable bonds is 20. The number of hydrogen-bond acceptors (Lipinski definition) is 9. The van der Waals surface area contributed by atoms with Crippen LogP contribution in [-0.2, 0) is 46.2 Å². The van der Waals surface area contributed by atoms with Crippen molar-refractivity contribution in [3.05, 3.63) is 59.7 Å². The standard InChI is InChI=1S/C34H46N2O9/c1-5-9-19-43-33(39)27(21-23-11-15-25(16-12-23)41-7-3)35-31(37)29-30(45-29)32(38)36-28(34(40)44-20-10-6-2)22-24-13-17-26(18-14-24)42-8-4/h11-18,27-30H,5-10,19-22H2,1-4H3,(H,35,37)(H,36,38)/t27-,28-,29-,30-/m0/s1. The van der Waals surface area contributed by atoms with Crippen LogP contribution in [-0.4, -0.2) is 74.5 Å². The first-order valence-electron chi connectivity index (χ1n) is 15.8. The Labute approximate surface area is 265 Å². The average molecular weight is 627 g/mol. The van der Waals surface area contributed by atoms with Gasteiger partial charge in [0.05, 0.1) is 26.4 Å². The molecule has 1 fully saturated rings. The van der Waals surface area contributed by atoms with E-state index in [-0.39, 0.29) is 26.1 Å². The Bertz CT molecular complexity index is 1140. The van der Waals surface area contributed by atoms with E-state index in [1.54, 1.807) is 24.3 Å². The van der Waals surface area contributed by atoms with Gasteiger partial charge in [-0.15, -0.1) is 0 Å². The Kier molecular flexibility index (Phi) is 14.6. The van der Waals surface area contributed by atoms with Crippen LogP contribution in [0.4, 0.5) is 0 Å². The Balaban J connectivity index is 1.64. The van der Waals surface area contributed by atoms with Crippen LogP contribution < -0.4 is 20.1 Å². The molecule has 0 radical (unpaired) electrons. The topological polar surface area (TPSA) is 142 Å². The number of nitrogens with one attached hydrogen (secondary N) is 2. The molecule has 3 rings (SSSR count). The number of unbranched alkanes of at least 4 members (excludes halogenated alkanes) is 2. The summed E-state index contributed by atoms with van der Waals surface area (Å²) < 4.78 is 27.2. The molecule has 1 aliphatic rings. The van der Waals surface area contributed by atoms with Gasteiger partial charge in [0, 0.05) is 12.8 Å². The van der Waals surface area contributed by atoms with Crippen LogP contribution in [0.2, 0.25) is 0 Å². The molecule has 0 spiro atoms. The van der Waals surface area contributed by atoms with Crippen molar-refractivity contribution in [3.63, 3.8) is 0 Å². The fraction of sp³-hybridized carbons (Fsp3) is 0.529. The van der Waals surface area contributed by atoms with Gasteiger partial charge in [0.15, 0.2) is 12.2 Å². The first-order chi connectivity index (χ1) is 21.8. The second kappa shape index (κ2) is 18.6. The number of ether oxygens (including phenoxy) is 5. The van der Waals surface area contributed by atoms with E-state index in [1.165, 1.54) is 0 Å². The number of esters is 2. The summed E-state index contributed by atoms with van der Waals surface area (Å²) in [5.41, 5.74) is 1.59. The van der Waals surface area contributed by atoms with Gasteiger partial charge in [-0.3, -0.25) is 9.59 Å². The van der Waals surface area contributed by atoms with Crippen LogP contribution in [0, 0.1) is 0 Å². The molecule has 2 N–H and O–H groups in total. The number of benzene rings is 2. The lowest BCUT2D eigenvalue weighted by Gasteiger charge is -2.18. The molecule has 1 aliphatic heterocycles. The van der Waals surface area contributed by atoms with E-state index in [1.807, 2.05) is 52.0 Å². The summed E-state index contributed by atoms with van der Waals surface area (Å²) in [6.07, 6.45) is 1.23. The van der Waals surface area contributed by atoms with Crippen molar-refractivity contribution in [3.8, 4) is 11.5 Å². The summed E-state index contributed by atoms with van der Waals surface area (Å²) in [4.78, 5) is 52.0. The zero-order valence-electron chi connectivity index (χ0n) is 26.7. The maximum absolute atomic E-state index is 13.1. The molecule has 11 heteroatoms. The van der Waals surface area contributed by atoms with Gasteiger partial charge in [-0.05, 0) is 62.1 Å². The van der Waals surface area contributed by atoms with E-state index in [0.717, 1.165) is 24.0 Å². The number of carbonyl (C=O) groups is 4. The van der Waals surface area contributed by atoms with Gasteiger partial charge in [-0.2, -0.15) is 0 Å². The van der Waals surface area contributed by atoms with Crippen molar-refractivity contribution in [2.75, 3.05) is 26.4 Å². The molecule has 246 valence electrons. The van der Waals surface area contributed by atoms with Gasteiger partial charge in [0.2, 0.25) is 0 Å². The summed E-state index contributed by atoms with van der Waals surface area (Å²) in [7, 11) is 0. The first-order valence-corrected chi connectivity index (χ1v) is 15.8. The fourth-order valence-corrected chi connectivity index (χ4v) is 4.49. The minimum Gasteiger partial charge on any atom is -0.494 e. The van der Waals surface area contributed by atoms with E-state index >= 15 is 0 Å². The zero-order valence-corrected chi connectivity index (χ0v) is 26.7. The monoisotopic (exact) mass is 626 g/mol. The van der Waals surface area contributed by atoms with Crippen molar-refractivity contribution in [2.24, 2.45) is 0 Å². The molecular weight excluding hydrogens is 580 g/mol. The third-order valence-electron chi connectivity index (χ3n) is 7.04. The van der Waals surface area contributed by atoms with Gasteiger partial charge in [0.1, 0.15) is 23.6 Å². The summed E-state index contributed by atoms with van der Waals surface area (Å²) >= 11 is 0. The molecule has 1 heterocycles. The van der Waals surface area contributed by atoms with Crippen molar-refractivity contribution in [2.45, 2.75) is 90.5 Å².